The highest BCUT2D eigenvalue weighted by Gasteiger charge is 2.44. The van der Waals surface area contributed by atoms with Gasteiger partial charge in [-0.25, -0.2) is 0 Å². The number of rotatable bonds is 6. The Morgan fingerprint density at radius 2 is 2.04 bits per heavy atom. The molecule has 2 rings (SSSR count). The van der Waals surface area contributed by atoms with E-state index in [2.05, 4.69) is 10.0 Å². The van der Waals surface area contributed by atoms with Crippen molar-refractivity contribution >= 4 is 10.1 Å². The summed E-state index contributed by atoms with van der Waals surface area (Å²) in [6, 6.07) is 5.18. The summed E-state index contributed by atoms with van der Waals surface area (Å²) in [6.07, 6.45) is -3.18. The van der Waals surface area contributed by atoms with Crippen LogP contribution in [0.4, 0.5) is 0 Å². The van der Waals surface area contributed by atoms with E-state index >= 15 is 0 Å². The van der Waals surface area contributed by atoms with E-state index < -0.39 is 41.3 Å². The van der Waals surface area contributed by atoms with E-state index in [-0.39, 0.29) is 4.90 Å². The molecule has 10 heteroatoms. The van der Waals surface area contributed by atoms with Crippen LogP contribution in [-0.4, -0.2) is 51.8 Å². The van der Waals surface area contributed by atoms with E-state index in [9.17, 15) is 13.5 Å². The summed E-state index contributed by atoms with van der Waals surface area (Å²) in [4.78, 5) is 2.62. The van der Waals surface area contributed by atoms with Crippen molar-refractivity contribution < 1.29 is 27.2 Å². The molecule has 0 unspecified atom stereocenters. The van der Waals surface area contributed by atoms with Gasteiger partial charge in [0.15, 0.2) is 6.29 Å². The van der Waals surface area contributed by atoms with Crippen molar-refractivity contribution in [2.24, 2.45) is 5.11 Å². The lowest BCUT2D eigenvalue weighted by Crippen LogP contribution is -2.34. The van der Waals surface area contributed by atoms with Gasteiger partial charge in [0, 0.05) is 12.0 Å². The molecule has 126 valence electrons. The monoisotopic (exact) mass is 343 g/mol. The zero-order chi connectivity index (χ0) is 17.0. The molecule has 0 radical (unpaired) electrons. The standard InChI is InChI=1S/C13H17N3O6S/c1-8-3-5-9(6-4-8)23(18,19)21-7-10-12(17)11(15-16-14)13(20-2)22-10/h3-6,10-13,17H,7H2,1-2H3/t10-,11+,12+,13+/m0/s1. The molecule has 0 aliphatic carbocycles. The molecule has 1 fully saturated rings. The molecular formula is C13H17N3O6S. The topological polar surface area (TPSA) is 131 Å². The molecule has 1 aliphatic rings. The summed E-state index contributed by atoms with van der Waals surface area (Å²) in [6.45, 7) is 1.41. The molecular weight excluding hydrogens is 326 g/mol. The number of hydrogen-bond acceptors (Lipinski definition) is 7. The first-order valence-electron chi connectivity index (χ1n) is 6.75. The summed E-state index contributed by atoms with van der Waals surface area (Å²) in [5.74, 6) is 0. The van der Waals surface area contributed by atoms with Gasteiger partial charge in [0.05, 0.1) is 17.6 Å². The van der Waals surface area contributed by atoms with Gasteiger partial charge in [0.1, 0.15) is 12.1 Å². The quantitative estimate of drug-likeness (QED) is 0.356. The Morgan fingerprint density at radius 3 is 2.61 bits per heavy atom. The average Bonchev–Trinajstić information content (AvgIpc) is 2.82. The predicted molar refractivity (Wildman–Crippen MR) is 78.9 cm³/mol. The molecule has 9 nitrogen and oxygen atoms in total. The molecule has 1 saturated heterocycles. The van der Waals surface area contributed by atoms with Gasteiger partial charge >= 0.3 is 0 Å². The maximum atomic E-state index is 12.1. The highest BCUT2D eigenvalue weighted by atomic mass is 32.2. The summed E-state index contributed by atoms with van der Waals surface area (Å²) in [5.41, 5.74) is 9.40. The van der Waals surface area contributed by atoms with Crippen molar-refractivity contribution in [1.29, 1.82) is 0 Å². The molecule has 1 N–H and O–H groups in total. The van der Waals surface area contributed by atoms with Crippen LogP contribution >= 0.6 is 0 Å². The highest BCUT2D eigenvalue weighted by molar-refractivity contribution is 7.86. The fourth-order valence-electron chi connectivity index (χ4n) is 2.16. The average molecular weight is 343 g/mol. The molecule has 23 heavy (non-hydrogen) atoms. The molecule has 1 heterocycles. The summed E-state index contributed by atoms with van der Waals surface area (Å²) >= 11 is 0. The number of benzene rings is 1. The summed E-state index contributed by atoms with van der Waals surface area (Å²) in [7, 11) is -2.65. The van der Waals surface area contributed by atoms with E-state index in [0.29, 0.717) is 0 Å². The van der Waals surface area contributed by atoms with Gasteiger partial charge in [0.2, 0.25) is 0 Å². The largest absolute Gasteiger partial charge is 0.390 e. The second-order valence-electron chi connectivity index (χ2n) is 5.02. The van der Waals surface area contributed by atoms with E-state index in [1.165, 1.54) is 19.2 Å². The fraction of sp³-hybridized carbons (Fsp3) is 0.538. The number of aliphatic hydroxyl groups is 1. The van der Waals surface area contributed by atoms with Gasteiger partial charge in [-0.3, -0.25) is 4.18 Å². The second-order valence-corrected chi connectivity index (χ2v) is 6.63. The Balaban J connectivity index is 2.05. The fourth-order valence-corrected chi connectivity index (χ4v) is 3.08. The van der Waals surface area contributed by atoms with Gasteiger partial charge in [-0.2, -0.15) is 8.42 Å². The molecule has 1 aromatic carbocycles. The van der Waals surface area contributed by atoms with Gasteiger partial charge in [-0.15, -0.1) is 0 Å². The van der Waals surface area contributed by atoms with E-state index in [1.54, 1.807) is 12.1 Å². The third kappa shape index (κ3) is 3.99. The van der Waals surface area contributed by atoms with Crippen LogP contribution in [0.2, 0.25) is 0 Å². The van der Waals surface area contributed by atoms with E-state index in [4.69, 9.17) is 19.2 Å². The summed E-state index contributed by atoms with van der Waals surface area (Å²) in [5, 5.41) is 13.4. The van der Waals surface area contributed by atoms with Crippen molar-refractivity contribution in [3.05, 3.63) is 40.3 Å². The Hall–Kier alpha value is -1.68. The smallest absolute Gasteiger partial charge is 0.297 e. The number of azide groups is 1. The minimum atomic E-state index is -3.98. The van der Waals surface area contributed by atoms with Gasteiger partial charge in [-0.05, 0) is 24.6 Å². The Kier molecular flexibility index (Phi) is 5.58. The predicted octanol–water partition coefficient (Wildman–Crippen LogP) is 1.11. The number of aryl methyl sites for hydroxylation is 1. The number of hydrogen-bond donors (Lipinski definition) is 1. The first-order valence-corrected chi connectivity index (χ1v) is 8.16. The van der Waals surface area contributed by atoms with Crippen LogP contribution in [-0.2, 0) is 23.8 Å². The number of nitrogens with zero attached hydrogens (tertiary/aromatic N) is 3. The lowest BCUT2D eigenvalue weighted by Gasteiger charge is -2.14. The maximum absolute atomic E-state index is 12.1. The van der Waals surface area contributed by atoms with E-state index in [0.717, 1.165) is 5.56 Å². The molecule has 1 aliphatic heterocycles. The molecule has 0 saturated carbocycles. The van der Waals surface area contributed by atoms with Crippen LogP contribution in [0.1, 0.15) is 5.56 Å². The number of aliphatic hydroxyl groups excluding tert-OH is 1. The van der Waals surface area contributed by atoms with Gasteiger partial charge in [-0.1, -0.05) is 22.8 Å². The first kappa shape index (κ1) is 17.7. The third-order valence-corrected chi connectivity index (χ3v) is 4.73. The van der Waals surface area contributed by atoms with E-state index in [1.807, 2.05) is 6.92 Å². The Morgan fingerprint density at radius 1 is 1.39 bits per heavy atom. The maximum Gasteiger partial charge on any atom is 0.297 e. The Labute approximate surface area is 133 Å². The molecule has 0 spiro atoms. The normalized spacial score (nSPS) is 27.6. The molecule has 0 bridgehead atoms. The molecule has 4 atom stereocenters. The van der Waals surface area contributed by atoms with Crippen molar-refractivity contribution in [1.82, 2.24) is 0 Å². The van der Waals surface area contributed by atoms with Crippen LogP contribution in [0.15, 0.2) is 34.3 Å². The lowest BCUT2D eigenvalue weighted by molar-refractivity contribution is -0.128. The van der Waals surface area contributed by atoms with Crippen molar-refractivity contribution in [3.63, 3.8) is 0 Å². The van der Waals surface area contributed by atoms with Crippen LogP contribution in [0, 0.1) is 6.92 Å². The van der Waals surface area contributed by atoms with Crippen LogP contribution in [0.25, 0.3) is 10.4 Å². The van der Waals surface area contributed by atoms with Crippen LogP contribution < -0.4 is 0 Å². The molecule has 0 amide bonds. The zero-order valence-electron chi connectivity index (χ0n) is 12.6. The van der Waals surface area contributed by atoms with Gasteiger partial charge in [0.25, 0.3) is 10.1 Å². The minimum Gasteiger partial charge on any atom is -0.390 e. The third-order valence-electron chi connectivity index (χ3n) is 3.43. The highest BCUT2D eigenvalue weighted by Crippen LogP contribution is 2.26. The number of methoxy groups -OCH3 is 1. The molecule has 0 aromatic heterocycles. The summed E-state index contributed by atoms with van der Waals surface area (Å²) < 4.78 is 39.4. The lowest BCUT2D eigenvalue weighted by atomic mass is 10.1. The van der Waals surface area contributed by atoms with Crippen LogP contribution in [0.3, 0.4) is 0 Å². The van der Waals surface area contributed by atoms with Crippen LogP contribution in [0.5, 0.6) is 0 Å². The zero-order valence-corrected chi connectivity index (χ0v) is 13.4. The number of ether oxygens (including phenoxy) is 2. The van der Waals surface area contributed by atoms with Crippen molar-refractivity contribution in [2.45, 2.75) is 36.4 Å². The van der Waals surface area contributed by atoms with Crippen molar-refractivity contribution in [2.75, 3.05) is 13.7 Å². The van der Waals surface area contributed by atoms with Gasteiger partial charge < -0.3 is 14.6 Å². The minimum absolute atomic E-state index is 0.00507. The Bertz CT molecular complexity index is 686. The first-order chi connectivity index (χ1) is 10.9. The van der Waals surface area contributed by atoms with Crippen molar-refractivity contribution in [3.8, 4) is 0 Å². The SMILES string of the molecule is CO[C@@H]1O[C@@H](COS(=O)(=O)c2ccc(C)cc2)[C@@H](O)[C@H]1N=[N+]=[N-]. The second kappa shape index (κ2) is 7.26. The molecule has 1 aromatic rings.